The van der Waals surface area contributed by atoms with E-state index in [0.717, 1.165) is 0 Å². The first kappa shape index (κ1) is 18.1. The van der Waals surface area contributed by atoms with Gasteiger partial charge in [-0.2, -0.15) is 0 Å². The summed E-state index contributed by atoms with van der Waals surface area (Å²) in [6, 6.07) is 12.2. The topological polar surface area (TPSA) is 32.3 Å². The lowest BCUT2D eigenvalue weighted by atomic mass is 10.3. The average Bonchev–Trinajstić information content (AvgIpc) is 3.25. The Labute approximate surface area is 158 Å². The second-order valence-corrected chi connectivity index (χ2v) is 7.98. The Kier molecular flexibility index (Phi) is 6.20. The molecule has 1 amide bonds. The fourth-order valence-corrected chi connectivity index (χ4v) is 4.06. The molecule has 3 nitrogen and oxygen atoms in total. The Morgan fingerprint density at radius 2 is 1.72 bits per heavy atom. The van der Waals surface area contributed by atoms with Gasteiger partial charge >= 0.3 is 0 Å². The standard InChI is InChI=1S/C18H16ClFN2OS2/c19-13-5-6-16(20)17(9-13)21-18(23)12-22(10-14-3-1-7-24-14)11-15-4-2-8-25-15/h1-9H,10-12H2,(H,21,23). The van der Waals surface area contributed by atoms with Crippen LogP contribution in [0.15, 0.2) is 53.2 Å². The number of carbonyl (C=O) groups excluding carboxylic acids is 1. The van der Waals surface area contributed by atoms with Crippen molar-refractivity contribution in [3.8, 4) is 0 Å². The zero-order chi connectivity index (χ0) is 17.6. The van der Waals surface area contributed by atoms with E-state index in [-0.39, 0.29) is 18.1 Å². The van der Waals surface area contributed by atoms with Crippen molar-refractivity contribution in [1.29, 1.82) is 0 Å². The second kappa shape index (κ2) is 8.58. The minimum atomic E-state index is -0.499. The van der Waals surface area contributed by atoms with Crippen LogP contribution in [0.3, 0.4) is 0 Å². The van der Waals surface area contributed by atoms with Gasteiger partial charge in [0.15, 0.2) is 0 Å². The molecule has 1 aromatic carbocycles. The summed E-state index contributed by atoms with van der Waals surface area (Å²) >= 11 is 9.17. The van der Waals surface area contributed by atoms with Crippen molar-refractivity contribution < 1.29 is 9.18 Å². The summed E-state index contributed by atoms with van der Waals surface area (Å²) in [5.41, 5.74) is 0.102. The Morgan fingerprint density at radius 1 is 1.08 bits per heavy atom. The summed E-state index contributed by atoms with van der Waals surface area (Å²) in [6.07, 6.45) is 0. The molecule has 0 saturated heterocycles. The first-order chi connectivity index (χ1) is 12.1. The van der Waals surface area contributed by atoms with Crippen LogP contribution in [-0.2, 0) is 17.9 Å². The van der Waals surface area contributed by atoms with Gasteiger partial charge in [-0.05, 0) is 41.1 Å². The second-order valence-electron chi connectivity index (χ2n) is 5.48. The first-order valence-corrected chi connectivity index (χ1v) is 9.76. The average molecular weight is 395 g/mol. The van der Waals surface area contributed by atoms with Gasteiger partial charge in [-0.15, -0.1) is 22.7 Å². The van der Waals surface area contributed by atoms with Gasteiger partial charge in [-0.3, -0.25) is 9.69 Å². The minimum absolute atomic E-state index is 0.102. The van der Waals surface area contributed by atoms with Gasteiger partial charge in [0.25, 0.3) is 0 Å². The molecule has 0 radical (unpaired) electrons. The third kappa shape index (κ3) is 5.37. The smallest absolute Gasteiger partial charge is 0.238 e. The molecule has 3 aromatic rings. The van der Waals surface area contributed by atoms with Crippen molar-refractivity contribution in [2.45, 2.75) is 13.1 Å². The molecule has 0 aliphatic heterocycles. The van der Waals surface area contributed by atoms with E-state index < -0.39 is 5.82 Å². The van der Waals surface area contributed by atoms with Gasteiger partial charge in [-0.25, -0.2) is 4.39 Å². The third-order valence-electron chi connectivity index (χ3n) is 3.49. The van der Waals surface area contributed by atoms with Crippen LogP contribution in [-0.4, -0.2) is 17.4 Å². The van der Waals surface area contributed by atoms with E-state index in [1.54, 1.807) is 22.7 Å². The Morgan fingerprint density at radius 3 is 2.28 bits per heavy atom. The number of thiophene rings is 2. The van der Waals surface area contributed by atoms with Gasteiger partial charge in [0.1, 0.15) is 5.82 Å². The SMILES string of the molecule is O=C(CN(Cc1cccs1)Cc1cccs1)Nc1cc(Cl)ccc1F. The molecule has 1 N–H and O–H groups in total. The number of nitrogens with zero attached hydrogens (tertiary/aromatic N) is 1. The van der Waals surface area contributed by atoms with Crippen LogP contribution in [0.25, 0.3) is 0 Å². The largest absolute Gasteiger partial charge is 0.322 e. The summed E-state index contributed by atoms with van der Waals surface area (Å²) in [7, 11) is 0. The molecule has 2 heterocycles. The molecular formula is C18H16ClFN2OS2. The summed E-state index contributed by atoms with van der Waals surface area (Å²) in [4.78, 5) is 16.8. The van der Waals surface area contributed by atoms with E-state index >= 15 is 0 Å². The molecular weight excluding hydrogens is 379 g/mol. The molecule has 2 aromatic heterocycles. The maximum Gasteiger partial charge on any atom is 0.238 e. The monoisotopic (exact) mass is 394 g/mol. The third-order valence-corrected chi connectivity index (χ3v) is 5.45. The summed E-state index contributed by atoms with van der Waals surface area (Å²) in [5, 5.41) is 7.02. The quantitative estimate of drug-likeness (QED) is 0.594. The molecule has 0 atom stereocenters. The lowest BCUT2D eigenvalue weighted by Gasteiger charge is -2.20. The van der Waals surface area contributed by atoms with Crippen LogP contribution in [0.4, 0.5) is 10.1 Å². The van der Waals surface area contributed by atoms with Crippen LogP contribution < -0.4 is 5.32 Å². The van der Waals surface area contributed by atoms with Crippen molar-refractivity contribution in [2.75, 3.05) is 11.9 Å². The predicted octanol–water partition coefficient (Wildman–Crippen LogP) is 5.24. The number of halogens is 2. The van der Waals surface area contributed by atoms with E-state index in [2.05, 4.69) is 5.32 Å². The molecule has 0 bridgehead atoms. The van der Waals surface area contributed by atoms with Crippen LogP contribution in [0.5, 0.6) is 0 Å². The Hall–Kier alpha value is -1.73. The van der Waals surface area contributed by atoms with Gasteiger partial charge in [0.05, 0.1) is 12.2 Å². The predicted molar refractivity (Wildman–Crippen MR) is 103 cm³/mol. The highest BCUT2D eigenvalue weighted by atomic mass is 35.5. The molecule has 3 rings (SSSR count). The number of amides is 1. The van der Waals surface area contributed by atoms with Gasteiger partial charge in [0.2, 0.25) is 5.91 Å². The fraction of sp³-hybridized carbons (Fsp3) is 0.167. The first-order valence-electron chi connectivity index (χ1n) is 7.62. The molecule has 25 heavy (non-hydrogen) atoms. The van der Waals surface area contributed by atoms with Gasteiger partial charge in [-0.1, -0.05) is 23.7 Å². The van der Waals surface area contributed by atoms with E-state index in [0.29, 0.717) is 18.1 Å². The highest BCUT2D eigenvalue weighted by Gasteiger charge is 2.15. The van der Waals surface area contributed by atoms with Crippen LogP contribution >= 0.6 is 34.3 Å². The van der Waals surface area contributed by atoms with Crippen molar-refractivity contribution in [1.82, 2.24) is 4.90 Å². The number of benzene rings is 1. The highest BCUT2D eigenvalue weighted by molar-refractivity contribution is 7.10. The summed E-state index contributed by atoms with van der Waals surface area (Å²) < 4.78 is 13.8. The molecule has 0 saturated carbocycles. The van der Waals surface area contributed by atoms with E-state index in [9.17, 15) is 9.18 Å². The number of hydrogen-bond acceptors (Lipinski definition) is 4. The summed E-state index contributed by atoms with van der Waals surface area (Å²) in [6.45, 7) is 1.50. The maximum absolute atomic E-state index is 13.8. The van der Waals surface area contributed by atoms with Crippen molar-refractivity contribution >= 4 is 45.9 Å². The van der Waals surface area contributed by atoms with E-state index in [4.69, 9.17) is 11.6 Å². The van der Waals surface area contributed by atoms with Crippen LogP contribution in [0.1, 0.15) is 9.75 Å². The number of hydrogen-bond donors (Lipinski definition) is 1. The van der Waals surface area contributed by atoms with Crippen molar-refractivity contribution in [3.63, 3.8) is 0 Å². The van der Waals surface area contributed by atoms with Crippen molar-refractivity contribution in [3.05, 3.63) is 73.8 Å². The van der Waals surface area contributed by atoms with Crippen LogP contribution in [0.2, 0.25) is 5.02 Å². The zero-order valence-electron chi connectivity index (χ0n) is 13.2. The number of carbonyl (C=O) groups is 1. The normalized spacial score (nSPS) is 11.0. The van der Waals surface area contributed by atoms with Gasteiger partial charge < -0.3 is 5.32 Å². The summed E-state index contributed by atoms with van der Waals surface area (Å²) in [5.74, 6) is -0.768. The molecule has 0 spiro atoms. The van der Waals surface area contributed by atoms with Crippen molar-refractivity contribution in [2.24, 2.45) is 0 Å². The minimum Gasteiger partial charge on any atom is -0.322 e. The molecule has 0 fully saturated rings. The number of rotatable bonds is 7. The van der Waals surface area contributed by atoms with E-state index in [1.807, 2.05) is 39.9 Å². The lowest BCUT2D eigenvalue weighted by molar-refractivity contribution is -0.117. The molecule has 0 aliphatic carbocycles. The molecule has 130 valence electrons. The molecule has 0 unspecified atom stereocenters. The Bertz CT molecular complexity index is 785. The Balaban J connectivity index is 1.67. The lowest BCUT2D eigenvalue weighted by Crippen LogP contribution is -2.32. The molecule has 0 aliphatic rings. The zero-order valence-corrected chi connectivity index (χ0v) is 15.6. The van der Waals surface area contributed by atoms with Crippen LogP contribution in [0, 0.1) is 5.82 Å². The maximum atomic E-state index is 13.8. The number of anilines is 1. The highest BCUT2D eigenvalue weighted by Crippen LogP contribution is 2.20. The molecule has 7 heteroatoms. The fourth-order valence-electron chi connectivity index (χ4n) is 2.40. The number of nitrogens with one attached hydrogen (secondary N) is 1. The van der Waals surface area contributed by atoms with E-state index in [1.165, 1.54) is 28.0 Å². The van der Waals surface area contributed by atoms with Gasteiger partial charge in [0, 0.05) is 27.9 Å².